The average molecular weight is 601 g/mol. The van der Waals surface area contributed by atoms with Crippen LogP contribution in [0.2, 0.25) is 0 Å². The summed E-state index contributed by atoms with van der Waals surface area (Å²) >= 11 is 0. The zero-order valence-corrected chi connectivity index (χ0v) is 26.2. The van der Waals surface area contributed by atoms with E-state index in [9.17, 15) is 19.8 Å². The molecule has 0 radical (unpaired) electrons. The highest BCUT2D eigenvalue weighted by Crippen LogP contribution is 2.58. The Kier molecular flexibility index (Phi) is 7.76. The minimum absolute atomic E-state index is 0.0126. The molecule has 0 bridgehead atoms. The minimum atomic E-state index is -0.880. The zero-order valence-electron chi connectivity index (χ0n) is 26.2. The fraction of sp³-hybridized carbons (Fsp3) is 0.622. The number of nitrogens with zero attached hydrogens (tertiary/aromatic N) is 2. The first-order valence-electron chi connectivity index (χ1n) is 16.9. The van der Waals surface area contributed by atoms with Gasteiger partial charge in [-0.05, 0) is 74.3 Å². The molecule has 44 heavy (non-hydrogen) atoms. The van der Waals surface area contributed by atoms with E-state index < -0.39 is 22.7 Å². The molecule has 7 rings (SSSR count). The highest BCUT2D eigenvalue weighted by molar-refractivity contribution is 5.90. The molecular weight excluding hydrogens is 552 g/mol. The lowest BCUT2D eigenvalue weighted by atomic mass is 9.66. The van der Waals surface area contributed by atoms with E-state index in [1.165, 1.54) is 0 Å². The highest BCUT2D eigenvalue weighted by atomic mass is 16.6. The van der Waals surface area contributed by atoms with Gasteiger partial charge in [-0.25, -0.2) is 0 Å². The number of likely N-dealkylation sites (tertiary alicyclic amines) is 2. The maximum atomic E-state index is 14.0. The van der Waals surface area contributed by atoms with Crippen molar-refractivity contribution in [1.82, 2.24) is 9.80 Å². The van der Waals surface area contributed by atoms with Crippen LogP contribution in [0.1, 0.15) is 69.9 Å². The van der Waals surface area contributed by atoms with E-state index in [1.54, 1.807) is 0 Å². The molecule has 5 aliphatic rings. The number of rotatable bonds is 5. The fourth-order valence-corrected chi connectivity index (χ4v) is 10.1. The van der Waals surface area contributed by atoms with Gasteiger partial charge in [0.25, 0.3) is 0 Å². The number of aliphatic hydroxyl groups is 2. The van der Waals surface area contributed by atoms with Crippen molar-refractivity contribution in [3.63, 3.8) is 0 Å². The van der Waals surface area contributed by atoms with E-state index in [1.807, 2.05) is 60.7 Å². The molecular formula is C37H48N2O5. The van der Waals surface area contributed by atoms with Crippen molar-refractivity contribution < 1.29 is 24.5 Å². The van der Waals surface area contributed by atoms with Gasteiger partial charge >= 0.3 is 5.97 Å². The largest absolute Gasteiger partial charge is 0.460 e. The second kappa shape index (κ2) is 11.3. The monoisotopic (exact) mass is 600 g/mol. The van der Waals surface area contributed by atoms with E-state index in [-0.39, 0.29) is 35.5 Å². The van der Waals surface area contributed by atoms with Crippen LogP contribution < -0.4 is 0 Å². The molecule has 2 N–H and O–H groups in total. The lowest BCUT2D eigenvalue weighted by Gasteiger charge is -2.43. The van der Waals surface area contributed by atoms with Gasteiger partial charge in [0, 0.05) is 45.1 Å². The van der Waals surface area contributed by atoms with E-state index in [0.29, 0.717) is 51.1 Å². The second-order valence-electron chi connectivity index (χ2n) is 14.8. The normalized spacial score (nSPS) is 37.2. The smallest absolute Gasteiger partial charge is 0.324 e. The van der Waals surface area contributed by atoms with Crippen LogP contribution in [-0.4, -0.2) is 76.6 Å². The molecule has 2 aromatic rings. The molecule has 2 saturated carbocycles. The van der Waals surface area contributed by atoms with E-state index in [2.05, 4.69) is 23.6 Å². The van der Waals surface area contributed by atoms with Crippen molar-refractivity contribution in [2.45, 2.75) is 82.1 Å². The third-order valence-corrected chi connectivity index (χ3v) is 12.5. The van der Waals surface area contributed by atoms with Crippen molar-refractivity contribution in [3.05, 3.63) is 71.8 Å². The lowest BCUT2D eigenvalue weighted by molar-refractivity contribution is -0.155. The van der Waals surface area contributed by atoms with Crippen LogP contribution >= 0.6 is 0 Å². The van der Waals surface area contributed by atoms with Crippen LogP contribution in [0.4, 0.5) is 0 Å². The van der Waals surface area contributed by atoms with E-state index >= 15 is 0 Å². The molecule has 3 heterocycles. The zero-order chi connectivity index (χ0) is 30.7. The number of Topliss-reactive ketones (excluding diaryl/α,β-unsaturated/α-hetero) is 1. The number of benzene rings is 2. The van der Waals surface area contributed by atoms with E-state index in [0.717, 1.165) is 43.6 Å². The van der Waals surface area contributed by atoms with Gasteiger partial charge in [-0.1, -0.05) is 67.6 Å². The number of carbonyl (C=O) groups excluding carboxylic acids is 2. The Morgan fingerprint density at radius 2 is 1.36 bits per heavy atom. The summed E-state index contributed by atoms with van der Waals surface area (Å²) in [6, 6.07) is 19.5. The van der Waals surface area contributed by atoms with Crippen molar-refractivity contribution in [2.24, 2.45) is 29.1 Å². The molecule has 2 aromatic carbocycles. The predicted octanol–water partition coefficient (Wildman–Crippen LogP) is 4.51. The quantitative estimate of drug-likeness (QED) is 0.489. The Labute approximate surface area is 261 Å². The first-order chi connectivity index (χ1) is 21.1. The maximum absolute atomic E-state index is 14.0. The Morgan fingerprint density at radius 3 is 1.93 bits per heavy atom. The molecule has 0 spiro atoms. The molecule has 5 fully saturated rings. The number of carbonyl (C=O) groups is 2. The first-order valence-corrected chi connectivity index (χ1v) is 16.9. The second-order valence-corrected chi connectivity index (χ2v) is 14.8. The summed E-state index contributed by atoms with van der Waals surface area (Å²) in [6.07, 6.45) is 4.52. The molecule has 3 aliphatic heterocycles. The fourth-order valence-electron chi connectivity index (χ4n) is 10.1. The third-order valence-electron chi connectivity index (χ3n) is 12.5. The standard InChI is InChI=1S/C37H48N2O5/c1-25-13-14-29-32(39-21-17-37(43,18-22-39)28-11-7-4-8-12-28)34(41)44-33(29)35(2)30(40)23-26(31(25)35)24-38-19-15-36(42,16-20-38)27-9-5-3-6-10-27/h3-12,25-26,29,31-33,42-43H,13-24H2,1-2H3/t25-,26?,29-,31+,32?,33+,35+/m0/s1. The van der Waals surface area contributed by atoms with Crippen LogP contribution in [-0.2, 0) is 25.5 Å². The molecule has 7 nitrogen and oxygen atoms in total. The number of ether oxygens (including phenoxy) is 1. The SMILES string of the molecule is C[C@H]1CC[C@H]2C(N3CCC(O)(c4ccccc4)CC3)C(=O)O[C@H]2[C@]2(C)C(=O)CC(CN3CCC(O)(c4ccccc4)CC3)[C@@H]12. The molecule has 236 valence electrons. The van der Waals surface area contributed by atoms with Gasteiger partial charge in [-0.3, -0.25) is 14.5 Å². The van der Waals surface area contributed by atoms with Crippen LogP contribution in [0.25, 0.3) is 0 Å². The Morgan fingerprint density at radius 1 is 0.818 bits per heavy atom. The van der Waals surface area contributed by atoms with Gasteiger partial charge in [0.1, 0.15) is 17.9 Å². The van der Waals surface area contributed by atoms with Crippen molar-refractivity contribution in [3.8, 4) is 0 Å². The Hall–Kier alpha value is -2.58. The number of ketones is 1. The lowest BCUT2D eigenvalue weighted by Crippen LogP contribution is -2.52. The topological polar surface area (TPSA) is 90.3 Å². The molecule has 0 amide bonds. The molecule has 3 saturated heterocycles. The van der Waals surface area contributed by atoms with Gasteiger partial charge in [0.15, 0.2) is 0 Å². The predicted molar refractivity (Wildman–Crippen MR) is 167 cm³/mol. The number of hydrogen-bond donors (Lipinski definition) is 2. The summed E-state index contributed by atoms with van der Waals surface area (Å²) in [5.74, 6) is 0.791. The summed E-state index contributed by atoms with van der Waals surface area (Å²) < 4.78 is 6.29. The summed E-state index contributed by atoms with van der Waals surface area (Å²) in [5, 5.41) is 22.8. The molecule has 2 aliphatic carbocycles. The van der Waals surface area contributed by atoms with Crippen LogP contribution in [0, 0.1) is 29.1 Å². The minimum Gasteiger partial charge on any atom is -0.460 e. The average Bonchev–Trinajstić information content (AvgIpc) is 3.47. The maximum Gasteiger partial charge on any atom is 0.324 e. The van der Waals surface area contributed by atoms with Gasteiger partial charge in [0.05, 0.1) is 16.6 Å². The summed E-state index contributed by atoms with van der Waals surface area (Å²) in [5.41, 5.74) is -0.432. The van der Waals surface area contributed by atoms with Crippen LogP contribution in [0.5, 0.6) is 0 Å². The number of esters is 1. The van der Waals surface area contributed by atoms with Gasteiger partial charge in [-0.15, -0.1) is 0 Å². The van der Waals surface area contributed by atoms with Gasteiger partial charge in [-0.2, -0.15) is 0 Å². The van der Waals surface area contributed by atoms with Crippen molar-refractivity contribution in [2.75, 3.05) is 32.7 Å². The molecule has 0 aromatic heterocycles. The molecule has 7 heteroatoms. The summed E-state index contributed by atoms with van der Waals surface area (Å²) in [6.45, 7) is 8.13. The summed E-state index contributed by atoms with van der Waals surface area (Å²) in [7, 11) is 0. The number of fused-ring (bicyclic) bond motifs is 3. The highest BCUT2D eigenvalue weighted by Gasteiger charge is 2.66. The molecule has 7 atom stereocenters. The van der Waals surface area contributed by atoms with Gasteiger partial charge in [0.2, 0.25) is 0 Å². The molecule has 2 unspecified atom stereocenters. The van der Waals surface area contributed by atoms with Crippen LogP contribution in [0.15, 0.2) is 60.7 Å². The Bertz CT molecular complexity index is 1350. The Balaban J connectivity index is 1.05. The van der Waals surface area contributed by atoms with Crippen LogP contribution in [0.3, 0.4) is 0 Å². The van der Waals surface area contributed by atoms with Crippen molar-refractivity contribution in [1.29, 1.82) is 0 Å². The summed E-state index contributed by atoms with van der Waals surface area (Å²) in [4.78, 5) is 32.3. The van der Waals surface area contributed by atoms with E-state index in [4.69, 9.17) is 4.74 Å². The number of hydrogen-bond acceptors (Lipinski definition) is 7. The number of piperidine rings is 2. The first kappa shape index (κ1) is 30.1. The van der Waals surface area contributed by atoms with Gasteiger partial charge < -0.3 is 19.8 Å². The third kappa shape index (κ3) is 4.95. The van der Waals surface area contributed by atoms with Crippen molar-refractivity contribution >= 4 is 11.8 Å².